The van der Waals surface area contributed by atoms with Crippen molar-refractivity contribution >= 4 is 29.2 Å². The highest BCUT2D eigenvalue weighted by molar-refractivity contribution is 6.35. The Hall–Kier alpha value is -0.730. The number of unbranched alkanes of at least 4 members (excludes halogenated alkanes) is 7. The van der Waals surface area contributed by atoms with Gasteiger partial charge in [0.05, 0.1) is 0 Å². The number of hydrogen-bond donors (Lipinski definition) is 1. The quantitative estimate of drug-likeness (QED) is 0.495. The van der Waals surface area contributed by atoms with Gasteiger partial charge < -0.3 is 5.11 Å². The topological polar surface area (TPSA) is 37.3 Å². The van der Waals surface area contributed by atoms with Crippen LogP contribution in [-0.2, 0) is 11.2 Å². The first-order valence-electron chi connectivity index (χ1n) is 7.75. The maximum atomic E-state index is 10.3. The van der Waals surface area contributed by atoms with Crippen LogP contribution in [0.2, 0.25) is 10.0 Å². The van der Waals surface area contributed by atoms with Gasteiger partial charge in [-0.2, -0.15) is 0 Å². The predicted molar refractivity (Wildman–Crippen MR) is 89.4 cm³/mol. The number of rotatable bonds is 11. The number of aliphatic carboxylic acids is 1. The van der Waals surface area contributed by atoms with Crippen LogP contribution in [0.4, 0.5) is 0 Å². The molecular weight excluding hydrogens is 307 g/mol. The van der Waals surface area contributed by atoms with Gasteiger partial charge in [-0.25, -0.2) is 0 Å². The molecule has 0 spiro atoms. The third-order valence-electron chi connectivity index (χ3n) is 3.60. The molecule has 0 fully saturated rings. The van der Waals surface area contributed by atoms with Crippen molar-refractivity contribution in [1.82, 2.24) is 0 Å². The maximum absolute atomic E-state index is 10.3. The van der Waals surface area contributed by atoms with Crippen LogP contribution >= 0.6 is 23.2 Å². The minimum absolute atomic E-state index is 0.307. The molecule has 0 saturated heterocycles. The molecule has 0 amide bonds. The highest BCUT2D eigenvalue weighted by atomic mass is 35.5. The summed E-state index contributed by atoms with van der Waals surface area (Å²) in [6, 6.07) is 5.70. The van der Waals surface area contributed by atoms with Gasteiger partial charge in [0.15, 0.2) is 0 Å². The molecule has 0 aromatic heterocycles. The minimum Gasteiger partial charge on any atom is -0.481 e. The summed E-state index contributed by atoms with van der Waals surface area (Å²) in [4.78, 5) is 10.3. The van der Waals surface area contributed by atoms with Crippen LogP contribution in [-0.4, -0.2) is 11.1 Å². The van der Waals surface area contributed by atoms with E-state index in [0.717, 1.165) is 37.1 Å². The first-order valence-corrected chi connectivity index (χ1v) is 8.51. The Kier molecular flexibility index (Phi) is 9.53. The minimum atomic E-state index is -0.684. The van der Waals surface area contributed by atoms with E-state index in [4.69, 9.17) is 28.3 Å². The molecule has 0 saturated carbocycles. The van der Waals surface area contributed by atoms with Crippen molar-refractivity contribution in [3.05, 3.63) is 33.8 Å². The zero-order valence-electron chi connectivity index (χ0n) is 12.4. The lowest BCUT2D eigenvalue weighted by Crippen LogP contribution is -1.93. The van der Waals surface area contributed by atoms with E-state index in [0.29, 0.717) is 11.4 Å². The van der Waals surface area contributed by atoms with E-state index in [1.54, 1.807) is 6.07 Å². The molecule has 21 heavy (non-hydrogen) atoms. The standard InChI is InChI=1S/C17H24Cl2O2/c18-15-12-11-14(16(19)13-15)9-7-5-3-1-2-4-6-8-10-17(20)21/h11-13H,1-10H2,(H,20,21). The van der Waals surface area contributed by atoms with Crippen LogP contribution in [0.5, 0.6) is 0 Å². The molecule has 1 aromatic carbocycles. The summed E-state index contributed by atoms with van der Waals surface area (Å²) in [5.41, 5.74) is 1.18. The molecule has 0 aliphatic carbocycles. The van der Waals surface area contributed by atoms with E-state index in [1.807, 2.05) is 12.1 Å². The van der Waals surface area contributed by atoms with Gasteiger partial charge in [-0.3, -0.25) is 4.79 Å². The van der Waals surface area contributed by atoms with Gasteiger partial charge >= 0.3 is 5.97 Å². The summed E-state index contributed by atoms with van der Waals surface area (Å²) < 4.78 is 0. The zero-order chi connectivity index (χ0) is 15.5. The molecule has 4 heteroatoms. The van der Waals surface area contributed by atoms with Crippen LogP contribution in [0.25, 0.3) is 0 Å². The number of aryl methyl sites for hydroxylation is 1. The summed E-state index contributed by atoms with van der Waals surface area (Å²) in [6.45, 7) is 0. The first kappa shape index (κ1) is 18.3. The number of carboxylic acid groups (broad SMARTS) is 1. The van der Waals surface area contributed by atoms with Gasteiger partial charge in [-0.15, -0.1) is 0 Å². The summed E-state index contributed by atoms with van der Waals surface area (Å²) in [5, 5.41) is 9.98. The van der Waals surface area contributed by atoms with Gasteiger partial charge in [0.1, 0.15) is 0 Å². The summed E-state index contributed by atoms with van der Waals surface area (Å²) >= 11 is 12.0. The van der Waals surface area contributed by atoms with Crippen molar-refractivity contribution in [1.29, 1.82) is 0 Å². The molecular formula is C17H24Cl2O2. The number of halogens is 2. The van der Waals surface area contributed by atoms with Gasteiger partial charge in [-0.05, 0) is 37.0 Å². The van der Waals surface area contributed by atoms with Gasteiger partial charge in [0, 0.05) is 16.5 Å². The van der Waals surface area contributed by atoms with Crippen LogP contribution in [0.1, 0.15) is 63.4 Å². The molecule has 0 unspecified atom stereocenters. The lowest BCUT2D eigenvalue weighted by atomic mass is 10.0. The van der Waals surface area contributed by atoms with E-state index >= 15 is 0 Å². The second-order valence-electron chi connectivity index (χ2n) is 5.46. The van der Waals surface area contributed by atoms with Gasteiger partial charge in [0.2, 0.25) is 0 Å². The Morgan fingerprint density at radius 1 is 0.905 bits per heavy atom. The van der Waals surface area contributed by atoms with Crippen LogP contribution < -0.4 is 0 Å². The third-order valence-corrected chi connectivity index (χ3v) is 4.19. The average Bonchev–Trinajstić information content (AvgIpc) is 2.42. The number of carboxylic acids is 1. The fourth-order valence-electron chi connectivity index (χ4n) is 2.38. The van der Waals surface area contributed by atoms with E-state index in [9.17, 15) is 4.79 Å². The lowest BCUT2D eigenvalue weighted by Gasteiger charge is -2.05. The lowest BCUT2D eigenvalue weighted by molar-refractivity contribution is -0.137. The second kappa shape index (κ2) is 10.9. The normalized spacial score (nSPS) is 10.8. The van der Waals surface area contributed by atoms with Crippen LogP contribution in [0.3, 0.4) is 0 Å². The van der Waals surface area contributed by atoms with E-state index in [2.05, 4.69) is 0 Å². The molecule has 1 rings (SSSR count). The monoisotopic (exact) mass is 330 g/mol. The Balaban J connectivity index is 1.96. The molecule has 0 aliphatic rings. The Labute approximate surface area is 137 Å². The van der Waals surface area contributed by atoms with Crippen LogP contribution in [0.15, 0.2) is 18.2 Å². The molecule has 0 bridgehead atoms. The Morgan fingerprint density at radius 2 is 1.48 bits per heavy atom. The Morgan fingerprint density at radius 3 is 2.05 bits per heavy atom. The van der Waals surface area contributed by atoms with Gasteiger partial charge in [0.25, 0.3) is 0 Å². The highest BCUT2D eigenvalue weighted by Gasteiger charge is 2.01. The van der Waals surface area contributed by atoms with Gasteiger partial charge in [-0.1, -0.05) is 67.8 Å². The maximum Gasteiger partial charge on any atom is 0.303 e. The number of benzene rings is 1. The van der Waals surface area contributed by atoms with Crippen LogP contribution in [0, 0.1) is 0 Å². The molecule has 0 aliphatic heterocycles. The Bertz CT molecular complexity index is 433. The smallest absolute Gasteiger partial charge is 0.303 e. The van der Waals surface area contributed by atoms with E-state index < -0.39 is 5.97 Å². The average molecular weight is 331 g/mol. The fourth-order valence-corrected chi connectivity index (χ4v) is 2.88. The van der Waals surface area contributed by atoms with Crippen molar-refractivity contribution in [2.75, 3.05) is 0 Å². The first-order chi connectivity index (χ1) is 10.1. The molecule has 2 nitrogen and oxygen atoms in total. The molecule has 118 valence electrons. The SMILES string of the molecule is O=C(O)CCCCCCCCCCc1ccc(Cl)cc1Cl. The van der Waals surface area contributed by atoms with Crippen molar-refractivity contribution in [3.63, 3.8) is 0 Å². The fraction of sp³-hybridized carbons (Fsp3) is 0.588. The van der Waals surface area contributed by atoms with E-state index in [-0.39, 0.29) is 0 Å². The second-order valence-corrected chi connectivity index (χ2v) is 6.30. The van der Waals surface area contributed by atoms with Crippen molar-refractivity contribution in [3.8, 4) is 0 Å². The zero-order valence-corrected chi connectivity index (χ0v) is 13.9. The molecule has 0 atom stereocenters. The van der Waals surface area contributed by atoms with Crippen molar-refractivity contribution in [2.45, 2.75) is 64.2 Å². The molecule has 0 heterocycles. The summed E-state index contributed by atoms with van der Waals surface area (Å²) in [5.74, 6) is -0.684. The third kappa shape index (κ3) is 9.00. The largest absolute Gasteiger partial charge is 0.481 e. The summed E-state index contributed by atoms with van der Waals surface area (Å²) in [6.07, 6.45) is 10.4. The number of hydrogen-bond acceptors (Lipinski definition) is 1. The van der Waals surface area contributed by atoms with Crippen molar-refractivity contribution in [2.24, 2.45) is 0 Å². The van der Waals surface area contributed by atoms with Crippen molar-refractivity contribution < 1.29 is 9.90 Å². The number of carbonyl (C=O) groups is 1. The highest BCUT2D eigenvalue weighted by Crippen LogP contribution is 2.22. The predicted octanol–water partition coefficient (Wildman–Crippen LogP) is 6.13. The molecule has 1 aromatic rings. The molecule has 1 N–H and O–H groups in total. The van der Waals surface area contributed by atoms with E-state index in [1.165, 1.54) is 31.2 Å². The summed E-state index contributed by atoms with van der Waals surface area (Å²) in [7, 11) is 0. The molecule has 0 radical (unpaired) electrons.